The van der Waals surface area contributed by atoms with Gasteiger partial charge in [0.15, 0.2) is 22.6 Å². The van der Waals surface area contributed by atoms with Crippen LogP contribution in [-0.4, -0.2) is 29.1 Å². The Hall–Kier alpha value is -1.96. The molecule has 1 aliphatic heterocycles. The highest BCUT2D eigenvalue weighted by atomic mass is 32.2. The maximum Gasteiger partial charge on any atom is 0.236 e. The lowest BCUT2D eigenvalue weighted by Crippen LogP contribution is -2.19. The molecule has 0 spiro atoms. The minimum Gasteiger partial charge on any atom is -0.485 e. The summed E-state index contributed by atoms with van der Waals surface area (Å²) in [5.41, 5.74) is 0.208. The largest absolute Gasteiger partial charge is 0.485 e. The van der Waals surface area contributed by atoms with Crippen LogP contribution in [0.25, 0.3) is 0 Å². The van der Waals surface area contributed by atoms with Crippen LogP contribution in [0.3, 0.4) is 0 Å². The summed E-state index contributed by atoms with van der Waals surface area (Å²) in [6.45, 7) is 3.36. The van der Waals surface area contributed by atoms with Crippen molar-refractivity contribution in [2.24, 2.45) is 10.2 Å². The Balaban J connectivity index is 2.12. The van der Waals surface area contributed by atoms with Gasteiger partial charge in [-0.05, 0) is 26.0 Å². The van der Waals surface area contributed by atoms with Crippen LogP contribution in [0.15, 0.2) is 22.3 Å². The van der Waals surface area contributed by atoms with Gasteiger partial charge in [-0.25, -0.2) is 8.78 Å². The van der Waals surface area contributed by atoms with E-state index in [9.17, 15) is 13.6 Å². The molecule has 2 rings (SSSR count). The van der Waals surface area contributed by atoms with Gasteiger partial charge in [0.2, 0.25) is 5.91 Å². The van der Waals surface area contributed by atoms with Crippen molar-refractivity contribution >= 4 is 29.1 Å². The van der Waals surface area contributed by atoms with Crippen LogP contribution in [0.1, 0.15) is 19.4 Å². The monoisotopic (exact) mass is 313 g/mol. The molecule has 21 heavy (non-hydrogen) atoms. The molecule has 0 atom stereocenters. The van der Waals surface area contributed by atoms with Crippen molar-refractivity contribution in [1.82, 2.24) is 5.32 Å². The molecule has 0 saturated carbocycles. The second-order valence-corrected chi connectivity index (χ2v) is 5.43. The lowest BCUT2D eigenvalue weighted by Gasteiger charge is -2.11. The average Bonchev–Trinajstić information content (AvgIpc) is 2.79. The highest BCUT2D eigenvalue weighted by molar-refractivity contribution is 8.15. The normalized spacial score (nSPS) is 17.0. The van der Waals surface area contributed by atoms with Crippen LogP contribution in [0, 0.1) is 11.6 Å². The molecule has 0 radical (unpaired) electrons. The zero-order chi connectivity index (χ0) is 15.4. The van der Waals surface area contributed by atoms with E-state index in [0.29, 0.717) is 10.9 Å². The lowest BCUT2D eigenvalue weighted by atomic mass is 10.2. The molecule has 1 N–H and O–H groups in total. The van der Waals surface area contributed by atoms with Gasteiger partial charge in [0.25, 0.3) is 0 Å². The van der Waals surface area contributed by atoms with E-state index in [4.69, 9.17) is 4.74 Å². The van der Waals surface area contributed by atoms with Gasteiger partial charge in [-0.15, -0.1) is 5.10 Å². The Morgan fingerprint density at radius 1 is 1.38 bits per heavy atom. The zero-order valence-corrected chi connectivity index (χ0v) is 12.2. The van der Waals surface area contributed by atoms with E-state index < -0.39 is 17.4 Å². The van der Waals surface area contributed by atoms with Crippen molar-refractivity contribution < 1.29 is 18.3 Å². The topological polar surface area (TPSA) is 63.1 Å². The first-order chi connectivity index (χ1) is 9.95. The van der Waals surface area contributed by atoms with Gasteiger partial charge in [0.05, 0.1) is 18.1 Å². The fourth-order valence-corrected chi connectivity index (χ4v) is 2.16. The van der Waals surface area contributed by atoms with Crippen molar-refractivity contribution in [2.45, 2.75) is 20.0 Å². The van der Waals surface area contributed by atoms with E-state index in [1.54, 1.807) is 13.8 Å². The fraction of sp³-hybridized carbons (Fsp3) is 0.308. The van der Waals surface area contributed by atoms with Gasteiger partial charge in [-0.1, -0.05) is 11.8 Å². The van der Waals surface area contributed by atoms with Gasteiger partial charge >= 0.3 is 0 Å². The third kappa shape index (κ3) is 4.25. The molecule has 1 aliphatic rings. The Kier molecular flexibility index (Phi) is 4.89. The summed E-state index contributed by atoms with van der Waals surface area (Å²) in [5.74, 6) is -1.88. The van der Waals surface area contributed by atoms with Crippen LogP contribution in [0.5, 0.6) is 5.75 Å². The van der Waals surface area contributed by atoms with Crippen LogP contribution < -0.4 is 10.1 Å². The van der Waals surface area contributed by atoms with Gasteiger partial charge in [0.1, 0.15) is 0 Å². The fourth-order valence-electron chi connectivity index (χ4n) is 1.53. The molecule has 1 saturated heterocycles. The van der Waals surface area contributed by atoms with E-state index in [2.05, 4.69) is 15.5 Å². The number of thioether (sulfide) groups is 1. The van der Waals surface area contributed by atoms with E-state index in [-0.39, 0.29) is 17.6 Å². The highest BCUT2D eigenvalue weighted by Gasteiger charge is 2.16. The number of hydrogen-bond acceptors (Lipinski definition) is 5. The Bertz CT molecular complexity index is 594. The van der Waals surface area contributed by atoms with E-state index >= 15 is 0 Å². The van der Waals surface area contributed by atoms with E-state index in [1.807, 2.05) is 0 Å². The van der Waals surface area contributed by atoms with Crippen LogP contribution in [-0.2, 0) is 4.79 Å². The van der Waals surface area contributed by atoms with Crippen LogP contribution in [0.2, 0.25) is 0 Å². The number of halogens is 2. The quantitative estimate of drug-likeness (QED) is 0.685. The number of amides is 1. The van der Waals surface area contributed by atoms with E-state index in [0.717, 1.165) is 12.1 Å². The second kappa shape index (κ2) is 6.66. The molecule has 5 nitrogen and oxygen atoms in total. The maximum absolute atomic E-state index is 13.7. The Morgan fingerprint density at radius 3 is 2.57 bits per heavy atom. The average molecular weight is 313 g/mol. The molecule has 1 aromatic rings. The number of ether oxygens (including phenoxy) is 1. The van der Waals surface area contributed by atoms with Crippen molar-refractivity contribution in [2.75, 3.05) is 5.75 Å². The summed E-state index contributed by atoms with van der Waals surface area (Å²) < 4.78 is 32.5. The summed E-state index contributed by atoms with van der Waals surface area (Å²) in [6, 6.07) is 2.20. The molecule has 0 aromatic heterocycles. The summed E-state index contributed by atoms with van der Waals surface area (Å²) in [7, 11) is 0. The third-order valence-electron chi connectivity index (χ3n) is 2.32. The smallest absolute Gasteiger partial charge is 0.236 e. The molecule has 1 aromatic carbocycles. The van der Waals surface area contributed by atoms with E-state index in [1.165, 1.54) is 18.0 Å². The molecule has 1 amide bonds. The van der Waals surface area contributed by atoms with Gasteiger partial charge < -0.3 is 10.1 Å². The number of hydrogen-bond donors (Lipinski definition) is 1. The number of nitrogens with one attached hydrogen (secondary N) is 1. The van der Waals surface area contributed by atoms with Crippen molar-refractivity contribution in [3.8, 4) is 5.75 Å². The molecule has 0 aliphatic carbocycles. The Labute approximate surface area is 124 Å². The number of amidine groups is 1. The van der Waals surface area contributed by atoms with Gasteiger partial charge in [-0.2, -0.15) is 5.10 Å². The summed E-state index contributed by atoms with van der Waals surface area (Å²) in [4.78, 5) is 10.9. The summed E-state index contributed by atoms with van der Waals surface area (Å²) in [6.07, 6.45) is 0.867. The maximum atomic E-state index is 13.7. The molecular formula is C13H13F2N3O2S. The number of benzene rings is 1. The van der Waals surface area contributed by atoms with Crippen LogP contribution in [0.4, 0.5) is 8.78 Å². The molecule has 112 valence electrons. The van der Waals surface area contributed by atoms with Gasteiger partial charge in [-0.3, -0.25) is 4.79 Å². The van der Waals surface area contributed by atoms with Crippen LogP contribution >= 0.6 is 11.8 Å². The van der Waals surface area contributed by atoms with Gasteiger partial charge in [0, 0.05) is 5.56 Å². The minimum absolute atomic E-state index is 0.152. The SMILES string of the molecule is CC(C)Oc1c(F)cc(C=NN=C2NC(=O)CS2)cc1F. The summed E-state index contributed by atoms with van der Waals surface area (Å²) >= 11 is 1.21. The lowest BCUT2D eigenvalue weighted by molar-refractivity contribution is -0.116. The number of rotatable bonds is 4. The second-order valence-electron chi connectivity index (χ2n) is 4.47. The number of carbonyl (C=O) groups excluding carboxylic acids is 1. The highest BCUT2D eigenvalue weighted by Crippen LogP contribution is 2.23. The number of nitrogens with zero attached hydrogens (tertiary/aromatic N) is 2. The molecule has 0 unspecified atom stereocenters. The van der Waals surface area contributed by atoms with Crippen molar-refractivity contribution in [1.29, 1.82) is 0 Å². The molecule has 8 heteroatoms. The predicted octanol–water partition coefficient (Wildman–Crippen LogP) is 2.30. The molecule has 1 fully saturated rings. The molecule has 1 heterocycles. The first-order valence-electron chi connectivity index (χ1n) is 6.15. The number of carbonyl (C=O) groups is 1. The molecular weight excluding hydrogens is 300 g/mol. The third-order valence-corrected chi connectivity index (χ3v) is 3.18. The first kappa shape index (κ1) is 15.4. The standard InChI is InChI=1S/C13H13F2N3O2S/c1-7(2)20-12-9(14)3-8(4-10(12)15)5-16-18-13-17-11(19)6-21-13/h3-5,7H,6H2,1-2H3,(H,17,18,19). The molecule has 0 bridgehead atoms. The van der Waals surface area contributed by atoms with Crippen molar-refractivity contribution in [3.05, 3.63) is 29.3 Å². The first-order valence-corrected chi connectivity index (χ1v) is 7.13. The predicted molar refractivity (Wildman–Crippen MR) is 77.8 cm³/mol. The Morgan fingerprint density at radius 2 is 2.05 bits per heavy atom. The zero-order valence-electron chi connectivity index (χ0n) is 11.4. The van der Waals surface area contributed by atoms with Crippen molar-refractivity contribution in [3.63, 3.8) is 0 Å². The minimum atomic E-state index is -0.804. The summed E-state index contributed by atoms with van der Waals surface area (Å²) in [5, 5.41) is 10.3.